The van der Waals surface area contributed by atoms with Gasteiger partial charge in [-0.15, -0.1) is 0 Å². The van der Waals surface area contributed by atoms with Crippen LogP contribution in [-0.4, -0.2) is 24.5 Å². The van der Waals surface area contributed by atoms with Crippen molar-refractivity contribution in [2.45, 2.75) is 39.2 Å². The minimum Gasteiger partial charge on any atom is -0.450 e. The summed E-state index contributed by atoms with van der Waals surface area (Å²) in [5.74, 6) is 0.224. The van der Waals surface area contributed by atoms with Crippen molar-refractivity contribution < 1.29 is 18.7 Å². The third-order valence-corrected chi connectivity index (χ3v) is 4.59. The van der Waals surface area contributed by atoms with Gasteiger partial charge in [0.1, 0.15) is 0 Å². The third kappa shape index (κ3) is 4.33. The zero-order chi connectivity index (χ0) is 15.4. The molecule has 21 heavy (non-hydrogen) atoms. The molecule has 1 aromatic rings. The van der Waals surface area contributed by atoms with Gasteiger partial charge in [0.25, 0.3) is 5.91 Å². The fraction of sp³-hybridized carbons (Fsp3) is 0.600. The Morgan fingerprint density at radius 2 is 2.14 bits per heavy atom. The van der Waals surface area contributed by atoms with E-state index in [9.17, 15) is 9.59 Å². The van der Waals surface area contributed by atoms with Crippen LogP contribution in [0.5, 0.6) is 0 Å². The van der Waals surface area contributed by atoms with Crippen molar-refractivity contribution in [1.29, 1.82) is 0 Å². The Balaban J connectivity index is 1.78. The minimum absolute atomic E-state index is 0.0781. The molecule has 116 valence electrons. The van der Waals surface area contributed by atoms with Gasteiger partial charge >= 0.3 is 5.97 Å². The fourth-order valence-corrected chi connectivity index (χ4v) is 2.97. The SMILES string of the molecule is C[C@@H]1[C@@H](C)CCC[C@H]1NC(=O)COC(=O)c1ccc(Br)o1. The van der Waals surface area contributed by atoms with Crippen LogP contribution in [0.1, 0.15) is 43.7 Å². The van der Waals surface area contributed by atoms with E-state index in [-0.39, 0.29) is 24.3 Å². The first-order valence-corrected chi connectivity index (χ1v) is 7.98. The zero-order valence-electron chi connectivity index (χ0n) is 12.2. The molecule has 0 aromatic carbocycles. The van der Waals surface area contributed by atoms with Crippen molar-refractivity contribution in [2.24, 2.45) is 11.8 Å². The monoisotopic (exact) mass is 357 g/mol. The summed E-state index contributed by atoms with van der Waals surface area (Å²) in [6, 6.07) is 3.26. The summed E-state index contributed by atoms with van der Waals surface area (Å²) in [5.41, 5.74) is 0. The lowest BCUT2D eigenvalue weighted by Gasteiger charge is -2.34. The van der Waals surface area contributed by atoms with Gasteiger partial charge in [-0.1, -0.05) is 26.7 Å². The molecule has 0 unspecified atom stereocenters. The Morgan fingerprint density at radius 3 is 2.81 bits per heavy atom. The molecule has 1 saturated carbocycles. The average Bonchev–Trinajstić information content (AvgIpc) is 2.88. The summed E-state index contributed by atoms with van der Waals surface area (Å²) in [5, 5.41) is 2.96. The average molecular weight is 358 g/mol. The molecule has 6 heteroatoms. The van der Waals surface area contributed by atoms with E-state index in [1.807, 2.05) is 0 Å². The van der Waals surface area contributed by atoms with Gasteiger partial charge in [-0.2, -0.15) is 0 Å². The highest BCUT2D eigenvalue weighted by Gasteiger charge is 2.28. The number of hydrogen-bond donors (Lipinski definition) is 1. The number of ether oxygens (including phenoxy) is 1. The molecule has 3 atom stereocenters. The summed E-state index contributed by atoms with van der Waals surface area (Å²) in [6.45, 7) is 4.08. The second kappa shape index (κ2) is 7.11. The van der Waals surface area contributed by atoms with Crippen molar-refractivity contribution in [1.82, 2.24) is 5.32 Å². The van der Waals surface area contributed by atoms with Crippen molar-refractivity contribution in [3.05, 3.63) is 22.6 Å². The van der Waals surface area contributed by atoms with E-state index in [4.69, 9.17) is 9.15 Å². The summed E-state index contributed by atoms with van der Waals surface area (Å²) in [6.07, 6.45) is 3.31. The first-order valence-electron chi connectivity index (χ1n) is 7.19. The van der Waals surface area contributed by atoms with Crippen molar-refractivity contribution in [3.63, 3.8) is 0 Å². The molecular formula is C15H20BrNO4. The highest BCUT2D eigenvalue weighted by atomic mass is 79.9. The number of hydrogen-bond acceptors (Lipinski definition) is 4. The number of furan rings is 1. The lowest BCUT2D eigenvalue weighted by atomic mass is 9.78. The molecule has 5 nitrogen and oxygen atoms in total. The van der Waals surface area contributed by atoms with Crippen molar-refractivity contribution in [3.8, 4) is 0 Å². The Kier molecular flexibility index (Phi) is 5.45. The van der Waals surface area contributed by atoms with Crippen LogP contribution < -0.4 is 5.32 Å². The summed E-state index contributed by atoms with van der Waals surface area (Å²) in [4.78, 5) is 23.5. The largest absolute Gasteiger partial charge is 0.450 e. The van der Waals surface area contributed by atoms with Crippen LogP contribution >= 0.6 is 15.9 Å². The van der Waals surface area contributed by atoms with Crippen LogP contribution in [0.2, 0.25) is 0 Å². The van der Waals surface area contributed by atoms with E-state index >= 15 is 0 Å². The number of esters is 1. The molecule has 1 aliphatic rings. The van der Waals surface area contributed by atoms with Gasteiger partial charge in [0, 0.05) is 6.04 Å². The molecule has 2 rings (SSSR count). The normalized spacial score (nSPS) is 25.4. The van der Waals surface area contributed by atoms with Crippen LogP contribution in [0.3, 0.4) is 0 Å². The van der Waals surface area contributed by atoms with Gasteiger partial charge in [0.15, 0.2) is 11.3 Å². The van der Waals surface area contributed by atoms with Gasteiger partial charge in [-0.05, 0) is 46.3 Å². The molecule has 1 aromatic heterocycles. The molecule has 1 amide bonds. The number of amides is 1. The van der Waals surface area contributed by atoms with Crippen LogP contribution in [-0.2, 0) is 9.53 Å². The maximum Gasteiger partial charge on any atom is 0.374 e. The second-order valence-corrected chi connectivity index (χ2v) is 6.40. The predicted molar refractivity (Wildman–Crippen MR) is 80.8 cm³/mol. The van der Waals surface area contributed by atoms with E-state index in [2.05, 4.69) is 35.1 Å². The first kappa shape index (κ1) is 16.1. The molecule has 0 saturated heterocycles. The van der Waals surface area contributed by atoms with E-state index in [0.717, 1.165) is 12.8 Å². The van der Waals surface area contributed by atoms with E-state index in [0.29, 0.717) is 16.5 Å². The molecule has 1 aliphatic carbocycles. The molecule has 0 bridgehead atoms. The Hall–Kier alpha value is -1.30. The smallest absolute Gasteiger partial charge is 0.374 e. The first-order chi connectivity index (χ1) is 9.97. The van der Waals surface area contributed by atoms with Crippen LogP contribution in [0.15, 0.2) is 21.2 Å². The zero-order valence-corrected chi connectivity index (χ0v) is 13.8. The molecule has 1 fully saturated rings. The van der Waals surface area contributed by atoms with E-state index < -0.39 is 5.97 Å². The summed E-state index contributed by atoms with van der Waals surface area (Å²) in [7, 11) is 0. The standard InChI is InChI=1S/C15H20BrNO4/c1-9-4-3-5-11(10(9)2)17-14(18)8-20-15(19)12-6-7-13(16)21-12/h6-7,9-11H,3-5,8H2,1-2H3,(H,17,18)/t9-,10+,11+/m0/s1. The second-order valence-electron chi connectivity index (χ2n) is 5.62. The van der Waals surface area contributed by atoms with Gasteiger partial charge in [0.05, 0.1) is 0 Å². The van der Waals surface area contributed by atoms with Gasteiger partial charge in [0.2, 0.25) is 5.76 Å². The van der Waals surface area contributed by atoms with E-state index in [1.54, 1.807) is 6.07 Å². The minimum atomic E-state index is -0.638. The third-order valence-electron chi connectivity index (χ3n) is 4.16. The number of carbonyl (C=O) groups is 2. The maximum atomic E-state index is 11.9. The maximum absolute atomic E-state index is 11.9. The van der Waals surface area contributed by atoms with Crippen LogP contribution in [0.25, 0.3) is 0 Å². The lowest BCUT2D eigenvalue weighted by molar-refractivity contribution is -0.125. The number of carbonyl (C=O) groups excluding carboxylic acids is 2. The van der Waals surface area contributed by atoms with Crippen LogP contribution in [0.4, 0.5) is 0 Å². The van der Waals surface area contributed by atoms with Crippen molar-refractivity contribution in [2.75, 3.05) is 6.61 Å². The lowest BCUT2D eigenvalue weighted by Crippen LogP contribution is -2.45. The fourth-order valence-electron chi connectivity index (χ4n) is 2.66. The Labute approximate surface area is 132 Å². The molecule has 0 radical (unpaired) electrons. The Bertz CT molecular complexity index is 514. The van der Waals surface area contributed by atoms with Crippen LogP contribution in [0, 0.1) is 11.8 Å². The number of nitrogens with one attached hydrogen (secondary N) is 1. The number of rotatable bonds is 4. The topological polar surface area (TPSA) is 68.5 Å². The summed E-state index contributed by atoms with van der Waals surface area (Å²) >= 11 is 3.10. The van der Waals surface area contributed by atoms with Gasteiger partial charge < -0.3 is 14.5 Å². The summed E-state index contributed by atoms with van der Waals surface area (Å²) < 4.78 is 10.5. The predicted octanol–water partition coefficient (Wildman–Crippen LogP) is 3.14. The highest BCUT2D eigenvalue weighted by Crippen LogP contribution is 2.29. The molecule has 1 N–H and O–H groups in total. The molecule has 1 heterocycles. The molecular weight excluding hydrogens is 338 g/mol. The highest BCUT2D eigenvalue weighted by molar-refractivity contribution is 9.10. The quantitative estimate of drug-likeness (QED) is 0.840. The molecule has 0 spiro atoms. The number of halogens is 1. The van der Waals surface area contributed by atoms with Crippen molar-refractivity contribution >= 4 is 27.8 Å². The van der Waals surface area contributed by atoms with E-state index in [1.165, 1.54) is 12.5 Å². The van der Waals surface area contributed by atoms with Gasteiger partial charge in [-0.25, -0.2) is 4.79 Å². The molecule has 0 aliphatic heterocycles. The van der Waals surface area contributed by atoms with Gasteiger partial charge in [-0.3, -0.25) is 4.79 Å². The Morgan fingerprint density at radius 1 is 1.38 bits per heavy atom.